The standard InChI is InChI=1S/C13H20N2O2S2/c1-10(2)8-15(9-11(3)4)19(16,17)13-6-5-12(7-14)18-13/h5-6,10-11H,8-9H2,1-4H3. The summed E-state index contributed by atoms with van der Waals surface area (Å²) in [5, 5.41) is 8.80. The van der Waals surface area contributed by atoms with Crippen LogP contribution in [0.15, 0.2) is 16.3 Å². The highest BCUT2D eigenvalue weighted by atomic mass is 32.2. The molecule has 0 bridgehead atoms. The van der Waals surface area contributed by atoms with Crippen LogP contribution in [0.3, 0.4) is 0 Å². The molecule has 19 heavy (non-hydrogen) atoms. The number of rotatable bonds is 6. The fourth-order valence-electron chi connectivity index (χ4n) is 1.73. The molecule has 1 rings (SSSR count). The SMILES string of the molecule is CC(C)CN(CC(C)C)S(=O)(=O)c1ccc(C#N)s1. The Labute approximate surface area is 119 Å². The average molecular weight is 300 g/mol. The van der Waals surface area contributed by atoms with Gasteiger partial charge in [-0.3, -0.25) is 0 Å². The molecule has 0 spiro atoms. The summed E-state index contributed by atoms with van der Waals surface area (Å²) in [6.45, 7) is 8.99. The van der Waals surface area contributed by atoms with E-state index in [9.17, 15) is 8.42 Å². The van der Waals surface area contributed by atoms with Gasteiger partial charge in [-0.15, -0.1) is 11.3 Å². The minimum Gasteiger partial charge on any atom is -0.206 e. The normalized spacial score (nSPS) is 12.3. The summed E-state index contributed by atoms with van der Waals surface area (Å²) in [6, 6.07) is 5.05. The second kappa shape index (κ2) is 6.51. The third kappa shape index (κ3) is 4.30. The summed E-state index contributed by atoms with van der Waals surface area (Å²) in [7, 11) is -3.48. The predicted octanol–water partition coefficient (Wildman–Crippen LogP) is 2.92. The lowest BCUT2D eigenvalue weighted by atomic mass is 10.2. The van der Waals surface area contributed by atoms with Crippen molar-refractivity contribution in [2.45, 2.75) is 31.9 Å². The molecule has 106 valence electrons. The molecule has 0 saturated carbocycles. The molecule has 0 aliphatic carbocycles. The van der Waals surface area contributed by atoms with Crippen molar-refractivity contribution >= 4 is 21.4 Å². The van der Waals surface area contributed by atoms with Crippen molar-refractivity contribution in [1.29, 1.82) is 5.26 Å². The molecule has 0 aliphatic rings. The van der Waals surface area contributed by atoms with Crippen molar-refractivity contribution in [2.24, 2.45) is 11.8 Å². The van der Waals surface area contributed by atoms with Crippen LogP contribution >= 0.6 is 11.3 Å². The van der Waals surface area contributed by atoms with Crippen LogP contribution in [0.5, 0.6) is 0 Å². The van der Waals surface area contributed by atoms with Crippen molar-refractivity contribution < 1.29 is 8.42 Å². The third-order valence-corrected chi connectivity index (χ3v) is 5.71. The van der Waals surface area contributed by atoms with E-state index in [0.29, 0.717) is 18.0 Å². The highest BCUT2D eigenvalue weighted by Crippen LogP contribution is 2.25. The first-order chi connectivity index (χ1) is 8.77. The lowest BCUT2D eigenvalue weighted by molar-refractivity contribution is 0.334. The molecule has 6 heteroatoms. The fraction of sp³-hybridized carbons (Fsp3) is 0.615. The molecule has 0 saturated heterocycles. The van der Waals surface area contributed by atoms with Gasteiger partial charge in [0.15, 0.2) is 0 Å². The van der Waals surface area contributed by atoms with Crippen LogP contribution < -0.4 is 0 Å². The average Bonchev–Trinajstić information content (AvgIpc) is 2.75. The fourth-order valence-corrected chi connectivity index (χ4v) is 4.76. The lowest BCUT2D eigenvalue weighted by Gasteiger charge is -2.24. The van der Waals surface area contributed by atoms with Gasteiger partial charge in [-0.2, -0.15) is 9.57 Å². The van der Waals surface area contributed by atoms with Crippen LogP contribution in [0.2, 0.25) is 0 Å². The number of thiophene rings is 1. The molecule has 1 aromatic heterocycles. The molecule has 0 fully saturated rings. The zero-order valence-electron chi connectivity index (χ0n) is 11.8. The minimum atomic E-state index is -3.48. The van der Waals surface area contributed by atoms with Crippen molar-refractivity contribution in [2.75, 3.05) is 13.1 Å². The number of hydrogen-bond acceptors (Lipinski definition) is 4. The maximum absolute atomic E-state index is 12.6. The minimum absolute atomic E-state index is 0.255. The smallest absolute Gasteiger partial charge is 0.206 e. The van der Waals surface area contributed by atoms with Crippen LogP contribution in [-0.2, 0) is 10.0 Å². The molecule has 4 nitrogen and oxygen atoms in total. The van der Waals surface area contributed by atoms with Gasteiger partial charge in [0.2, 0.25) is 0 Å². The predicted molar refractivity (Wildman–Crippen MR) is 77.5 cm³/mol. The third-order valence-electron chi connectivity index (χ3n) is 2.42. The molecular weight excluding hydrogens is 280 g/mol. The first-order valence-corrected chi connectivity index (χ1v) is 8.53. The monoisotopic (exact) mass is 300 g/mol. The van der Waals surface area contributed by atoms with Crippen LogP contribution in [0.25, 0.3) is 0 Å². The number of hydrogen-bond donors (Lipinski definition) is 0. The first kappa shape index (κ1) is 16.2. The van der Waals surface area contributed by atoms with Gasteiger partial charge in [0, 0.05) is 13.1 Å². The van der Waals surface area contributed by atoms with Gasteiger partial charge in [0.25, 0.3) is 10.0 Å². The number of nitrogens with zero attached hydrogens (tertiary/aromatic N) is 2. The Morgan fingerprint density at radius 3 is 2.11 bits per heavy atom. The molecule has 1 aromatic rings. The van der Waals surface area contributed by atoms with Gasteiger partial charge in [-0.05, 0) is 24.0 Å². The Morgan fingerprint density at radius 1 is 1.21 bits per heavy atom. The molecule has 0 radical (unpaired) electrons. The van der Waals surface area contributed by atoms with Gasteiger partial charge in [0.05, 0.1) is 0 Å². The van der Waals surface area contributed by atoms with Gasteiger partial charge in [-0.1, -0.05) is 27.7 Å². The van der Waals surface area contributed by atoms with E-state index < -0.39 is 10.0 Å². The molecule has 0 aromatic carbocycles. The largest absolute Gasteiger partial charge is 0.252 e. The van der Waals surface area contributed by atoms with Crippen LogP contribution in [0.1, 0.15) is 32.6 Å². The Balaban J connectivity index is 3.08. The Hall–Kier alpha value is -0.900. The van der Waals surface area contributed by atoms with Crippen molar-refractivity contribution in [3.05, 3.63) is 17.0 Å². The lowest BCUT2D eigenvalue weighted by Crippen LogP contribution is -2.36. The van der Waals surface area contributed by atoms with Gasteiger partial charge >= 0.3 is 0 Å². The second-order valence-electron chi connectivity index (χ2n) is 5.34. The van der Waals surface area contributed by atoms with Crippen molar-refractivity contribution in [1.82, 2.24) is 4.31 Å². The van der Waals surface area contributed by atoms with E-state index in [1.165, 1.54) is 10.4 Å². The summed E-state index contributed by atoms with van der Waals surface area (Å²) >= 11 is 1.03. The molecule has 0 amide bonds. The van der Waals surface area contributed by atoms with E-state index in [4.69, 9.17) is 5.26 Å². The topological polar surface area (TPSA) is 61.2 Å². The van der Waals surface area contributed by atoms with E-state index in [1.807, 2.05) is 33.8 Å². The summed E-state index contributed by atoms with van der Waals surface area (Å²) in [4.78, 5) is 0.424. The molecule has 0 aliphatic heterocycles. The maximum atomic E-state index is 12.6. The molecule has 0 atom stereocenters. The Kier molecular flexibility index (Phi) is 5.53. The molecule has 1 heterocycles. The molecule has 0 N–H and O–H groups in total. The van der Waals surface area contributed by atoms with E-state index in [1.54, 1.807) is 6.07 Å². The number of sulfonamides is 1. The molecule has 0 unspecified atom stereocenters. The zero-order valence-corrected chi connectivity index (χ0v) is 13.4. The van der Waals surface area contributed by atoms with E-state index in [-0.39, 0.29) is 16.0 Å². The quantitative estimate of drug-likeness (QED) is 0.811. The van der Waals surface area contributed by atoms with Crippen LogP contribution in [0, 0.1) is 23.2 Å². The van der Waals surface area contributed by atoms with Crippen LogP contribution in [-0.4, -0.2) is 25.8 Å². The Morgan fingerprint density at radius 2 is 1.74 bits per heavy atom. The van der Waals surface area contributed by atoms with Crippen molar-refractivity contribution in [3.8, 4) is 6.07 Å². The van der Waals surface area contributed by atoms with E-state index in [0.717, 1.165) is 11.3 Å². The van der Waals surface area contributed by atoms with E-state index in [2.05, 4.69) is 0 Å². The van der Waals surface area contributed by atoms with E-state index >= 15 is 0 Å². The van der Waals surface area contributed by atoms with Crippen LogP contribution in [0.4, 0.5) is 0 Å². The van der Waals surface area contributed by atoms with Crippen molar-refractivity contribution in [3.63, 3.8) is 0 Å². The summed E-state index contributed by atoms with van der Waals surface area (Å²) in [6.07, 6.45) is 0. The molecular formula is C13H20N2O2S2. The highest BCUT2D eigenvalue weighted by molar-refractivity contribution is 7.91. The second-order valence-corrected chi connectivity index (χ2v) is 8.59. The first-order valence-electron chi connectivity index (χ1n) is 6.27. The summed E-state index contributed by atoms with van der Waals surface area (Å²) < 4.78 is 26.9. The van der Waals surface area contributed by atoms with Gasteiger partial charge < -0.3 is 0 Å². The summed E-state index contributed by atoms with van der Waals surface area (Å²) in [5.74, 6) is 0.535. The van der Waals surface area contributed by atoms with Gasteiger partial charge in [-0.25, -0.2) is 8.42 Å². The zero-order chi connectivity index (χ0) is 14.6. The van der Waals surface area contributed by atoms with Gasteiger partial charge in [0.1, 0.15) is 15.2 Å². The number of nitriles is 1. The highest BCUT2D eigenvalue weighted by Gasteiger charge is 2.27. The summed E-state index contributed by atoms with van der Waals surface area (Å²) in [5.41, 5.74) is 0. The maximum Gasteiger partial charge on any atom is 0.252 e. The Bertz CT molecular complexity index is 543.